The predicted octanol–water partition coefficient (Wildman–Crippen LogP) is 3.40. The first-order valence-electron chi connectivity index (χ1n) is 4.90. The van der Waals surface area contributed by atoms with Gasteiger partial charge in [0.2, 0.25) is 0 Å². The Morgan fingerprint density at radius 1 is 1.36 bits per heavy atom. The van der Waals surface area contributed by atoms with Crippen molar-refractivity contribution < 1.29 is 4.79 Å². The van der Waals surface area contributed by atoms with Gasteiger partial charge in [-0.1, -0.05) is 43.3 Å². The van der Waals surface area contributed by atoms with Gasteiger partial charge >= 0.3 is 0 Å². The van der Waals surface area contributed by atoms with Crippen LogP contribution < -0.4 is 0 Å². The molecule has 0 radical (unpaired) electrons. The highest BCUT2D eigenvalue weighted by Gasteiger charge is 2.08. The summed E-state index contributed by atoms with van der Waals surface area (Å²) in [6.45, 7) is 7.70. The summed E-state index contributed by atoms with van der Waals surface area (Å²) < 4.78 is 0. The second kappa shape index (κ2) is 4.75. The van der Waals surface area contributed by atoms with Crippen LogP contribution in [0.3, 0.4) is 0 Å². The van der Waals surface area contributed by atoms with Crippen LogP contribution in [0.1, 0.15) is 36.2 Å². The van der Waals surface area contributed by atoms with Crippen molar-refractivity contribution in [2.45, 2.75) is 26.7 Å². The summed E-state index contributed by atoms with van der Waals surface area (Å²) in [6.07, 6.45) is 1.36. The molecule has 0 aromatic heterocycles. The number of hydrogen-bond acceptors (Lipinski definition) is 1. The molecule has 0 aliphatic carbocycles. The molecule has 1 aromatic carbocycles. The number of carbonyl (C=O) groups is 1. The smallest absolute Gasteiger partial charge is 0.167 e. The van der Waals surface area contributed by atoms with Crippen molar-refractivity contribution in [3.63, 3.8) is 0 Å². The molecule has 0 atom stereocenters. The average molecular weight is 188 g/mol. The first-order valence-corrected chi connectivity index (χ1v) is 4.90. The number of ketones is 1. The van der Waals surface area contributed by atoms with E-state index >= 15 is 0 Å². The summed E-state index contributed by atoms with van der Waals surface area (Å²) in [5.41, 5.74) is 2.89. The van der Waals surface area contributed by atoms with Crippen LogP contribution in [0.5, 0.6) is 0 Å². The number of Topliss-reactive ketones (excluding diaryl/α,β-unsaturated/α-hetero) is 1. The lowest BCUT2D eigenvalue weighted by molar-refractivity contribution is 0.0992. The number of rotatable bonds is 4. The fourth-order valence-electron chi connectivity index (χ4n) is 1.47. The molecule has 1 rings (SSSR count). The topological polar surface area (TPSA) is 17.1 Å². The first kappa shape index (κ1) is 10.7. The summed E-state index contributed by atoms with van der Waals surface area (Å²) in [4.78, 5) is 11.8. The van der Waals surface area contributed by atoms with Crippen LogP contribution in [0.2, 0.25) is 0 Å². The van der Waals surface area contributed by atoms with Crippen LogP contribution in [0.25, 0.3) is 0 Å². The van der Waals surface area contributed by atoms with E-state index in [2.05, 4.69) is 13.5 Å². The van der Waals surface area contributed by atoms with E-state index in [1.807, 2.05) is 31.2 Å². The van der Waals surface area contributed by atoms with Crippen molar-refractivity contribution >= 4 is 5.78 Å². The van der Waals surface area contributed by atoms with Gasteiger partial charge in [0.05, 0.1) is 0 Å². The molecule has 14 heavy (non-hydrogen) atoms. The Bertz CT molecular complexity index is 350. The second-order valence-electron chi connectivity index (χ2n) is 3.57. The third-order valence-electron chi connectivity index (χ3n) is 2.16. The van der Waals surface area contributed by atoms with E-state index in [-0.39, 0.29) is 5.78 Å². The highest BCUT2D eigenvalue weighted by Crippen LogP contribution is 2.13. The minimum absolute atomic E-state index is 0.176. The summed E-state index contributed by atoms with van der Waals surface area (Å²) >= 11 is 0. The van der Waals surface area contributed by atoms with Crippen molar-refractivity contribution in [3.05, 3.63) is 47.5 Å². The Labute approximate surface area is 85.5 Å². The van der Waals surface area contributed by atoms with E-state index in [4.69, 9.17) is 0 Å². The minimum Gasteiger partial charge on any atom is -0.294 e. The number of benzene rings is 1. The van der Waals surface area contributed by atoms with Crippen molar-refractivity contribution in [2.75, 3.05) is 0 Å². The Morgan fingerprint density at radius 2 is 2.00 bits per heavy atom. The fourth-order valence-corrected chi connectivity index (χ4v) is 1.47. The molecule has 0 heterocycles. The van der Waals surface area contributed by atoms with Crippen LogP contribution in [0, 0.1) is 0 Å². The van der Waals surface area contributed by atoms with E-state index in [1.54, 1.807) is 0 Å². The number of carbonyl (C=O) groups excluding carboxylic acids is 1. The molecule has 1 nitrogen and oxygen atoms in total. The summed E-state index contributed by atoms with van der Waals surface area (Å²) in [5, 5.41) is 0. The quantitative estimate of drug-likeness (QED) is 0.523. The Morgan fingerprint density at radius 3 is 2.57 bits per heavy atom. The van der Waals surface area contributed by atoms with Crippen LogP contribution in [-0.2, 0) is 6.42 Å². The van der Waals surface area contributed by atoms with E-state index in [0.29, 0.717) is 6.42 Å². The van der Waals surface area contributed by atoms with E-state index < -0.39 is 0 Å². The average Bonchev–Trinajstić information content (AvgIpc) is 2.16. The molecule has 0 fully saturated rings. The van der Waals surface area contributed by atoms with Crippen LogP contribution in [-0.4, -0.2) is 5.78 Å². The summed E-state index contributed by atoms with van der Waals surface area (Å²) in [6, 6.07) is 7.77. The molecule has 0 aliphatic rings. The normalized spacial score (nSPS) is 9.86. The highest BCUT2D eigenvalue weighted by atomic mass is 16.1. The zero-order chi connectivity index (χ0) is 10.6. The van der Waals surface area contributed by atoms with Gasteiger partial charge in [-0.25, -0.2) is 0 Å². The Balaban J connectivity index is 2.94. The summed E-state index contributed by atoms with van der Waals surface area (Å²) in [7, 11) is 0. The Kier molecular flexibility index (Phi) is 3.63. The maximum atomic E-state index is 11.8. The first-order chi connectivity index (χ1) is 6.65. The maximum absolute atomic E-state index is 11.8. The van der Waals surface area contributed by atoms with Gasteiger partial charge < -0.3 is 0 Å². The van der Waals surface area contributed by atoms with Crippen LogP contribution in [0.15, 0.2) is 36.4 Å². The monoisotopic (exact) mass is 188 g/mol. The highest BCUT2D eigenvalue weighted by molar-refractivity contribution is 5.98. The van der Waals surface area contributed by atoms with Crippen LogP contribution >= 0.6 is 0 Å². The molecule has 0 bridgehead atoms. The minimum atomic E-state index is 0.176. The van der Waals surface area contributed by atoms with Crippen molar-refractivity contribution in [1.29, 1.82) is 0 Å². The molecule has 0 amide bonds. The second-order valence-corrected chi connectivity index (χ2v) is 3.57. The molecule has 74 valence electrons. The lowest BCUT2D eigenvalue weighted by atomic mass is 9.98. The molecular formula is C13H16O. The molecule has 0 N–H and O–H groups in total. The molecule has 1 aromatic rings. The van der Waals surface area contributed by atoms with Gasteiger partial charge in [0.15, 0.2) is 5.78 Å². The van der Waals surface area contributed by atoms with E-state index in [9.17, 15) is 4.79 Å². The van der Waals surface area contributed by atoms with E-state index in [1.165, 1.54) is 0 Å². The molecule has 0 saturated heterocycles. The van der Waals surface area contributed by atoms with Gasteiger partial charge in [0.25, 0.3) is 0 Å². The largest absolute Gasteiger partial charge is 0.294 e. The van der Waals surface area contributed by atoms with Crippen molar-refractivity contribution in [3.8, 4) is 0 Å². The molecule has 0 aliphatic heterocycles. The maximum Gasteiger partial charge on any atom is 0.167 e. The molecule has 0 saturated carbocycles. The standard InChI is InChI=1S/C13H16O/c1-4-11-7-5-6-8-12(11)13(14)9-10(2)3/h5-8H,2,4,9H2,1,3H3. The van der Waals surface area contributed by atoms with E-state index in [0.717, 1.165) is 23.1 Å². The van der Waals surface area contributed by atoms with Gasteiger partial charge in [0, 0.05) is 12.0 Å². The number of allylic oxidation sites excluding steroid dienone is 1. The third-order valence-corrected chi connectivity index (χ3v) is 2.16. The molecular weight excluding hydrogens is 172 g/mol. The zero-order valence-corrected chi connectivity index (χ0v) is 8.84. The predicted molar refractivity (Wildman–Crippen MR) is 59.6 cm³/mol. The zero-order valence-electron chi connectivity index (χ0n) is 8.84. The van der Waals surface area contributed by atoms with Crippen molar-refractivity contribution in [1.82, 2.24) is 0 Å². The van der Waals surface area contributed by atoms with Gasteiger partial charge in [-0.2, -0.15) is 0 Å². The SMILES string of the molecule is C=C(C)CC(=O)c1ccccc1CC. The lowest BCUT2D eigenvalue weighted by Gasteiger charge is -2.05. The van der Waals surface area contributed by atoms with Crippen molar-refractivity contribution in [2.24, 2.45) is 0 Å². The third kappa shape index (κ3) is 2.56. The van der Waals surface area contributed by atoms with Gasteiger partial charge in [-0.3, -0.25) is 4.79 Å². The number of hydrogen-bond donors (Lipinski definition) is 0. The summed E-state index contributed by atoms with van der Waals surface area (Å²) in [5.74, 6) is 0.176. The van der Waals surface area contributed by atoms with Crippen LogP contribution in [0.4, 0.5) is 0 Å². The lowest BCUT2D eigenvalue weighted by Crippen LogP contribution is -2.03. The molecule has 0 unspecified atom stereocenters. The number of aryl methyl sites for hydroxylation is 1. The molecule has 0 spiro atoms. The van der Waals surface area contributed by atoms with Gasteiger partial charge in [-0.05, 0) is 18.9 Å². The molecule has 1 heteroatoms. The van der Waals surface area contributed by atoms with Gasteiger partial charge in [-0.15, -0.1) is 0 Å². The van der Waals surface area contributed by atoms with Gasteiger partial charge in [0.1, 0.15) is 0 Å². The Hall–Kier alpha value is -1.37. The fraction of sp³-hybridized carbons (Fsp3) is 0.308.